The standard InChI is InChI=1S/C32H44N4O11/c1-6-9-10-11-21(24(7-2)36(43)19-37)29(39)33-18-34-31(41)26-15-14-25(47-26)20-12-13-22(27(16-20)46-8-3)30(40)35-23(32(42)45-5)17-28(38)44-4/h12-16,19,21,23-24,43H,6-11,17-18H2,1-5H3,(H,33,39)(H,34,41)(H,35,40)/t21?,23?,24-/m1/s1. The van der Waals surface area contributed by atoms with E-state index in [1.165, 1.54) is 18.2 Å². The maximum atomic E-state index is 13.1. The van der Waals surface area contributed by atoms with Crippen LogP contribution in [0.25, 0.3) is 11.3 Å². The van der Waals surface area contributed by atoms with Crippen molar-refractivity contribution in [2.45, 2.75) is 71.4 Å². The van der Waals surface area contributed by atoms with E-state index in [0.717, 1.165) is 33.5 Å². The number of unbranched alkanes of at least 4 members (excludes halogenated alkanes) is 2. The molecule has 3 atom stereocenters. The van der Waals surface area contributed by atoms with Crippen molar-refractivity contribution in [2.75, 3.05) is 27.5 Å². The summed E-state index contributed by atoms with van der Waals surface area (Å²) in [5, 5.41) is 18.2. The minimum atomic E-state index is -1.29. The topological polar surface area (TPSA) is 203 Å². The lowest BCUT2D eigenvalue weighted by Crippen LogP contribution is -2.47. The third kappa shape index (κ3) is 11.1. The number of hydroxylamine groups is 2. The molecule has 1 aromatic carbocycles. The van der Waals surface area contributed by atoms with Crippen LogP contribution in [0.3, 0.4) is 0 Å². The molecule has 15 nitrogen and oxygen atoms in total. The van der Waals surface area contributed by atoms with Crippen molar-refractivity contribution in [1.82, 2.24) is 21.0 Å². The molecule has 258 valence electrons. The molecule has 2 unspecified atom stereocenters. The highest BCUT2D eigenvalue weighted by atomic mass is 16.5. The summed E-state index contributed by atoms with van der Waals surface area (Å²) in [5.74, 6) is -3.54. The van der Waals surface area contributed by atoms with Crippen molar-refractivity contribution < 1.29 is 52.6 Å². The molecule has 4 amide bonds. The molecule has 0 bridgehead atoms. The second kappa shape index (κ2) is 19.6. The molecule has 2 rings (SSSR count). The quantitative estimate of drug-likeness (QED) is 0.0406. The summed E-state index contributed by atoms with van der Waals surface area (Å²) >= 11 is 0. The fourth-order valence-corrected chi connectivity index (χ4v) is 4.85. The average Bonchev–Trinajstić information content (AvgIpc) is 3.57. The van der Waals surface area contributed by atoms with Gasteiger partial charge in [-0.05, 0) is 44.0 Å². The molecule has 2 aromatic rings. The molecule has 0 saturated carbocycles. The number of carbonyl (C=O) groups is 6. The normalized spacial score (nSPS) is 12.6. The van der Waals surface area contributed by atoms with Gasteiger partial charge in [-0.2, -0.15) is 0 Å². The fourth-order valence-electron chi connectivity index (χ4n) is 4.85. The van der Waals surface area contributed by atoms with Crippen LogP contribution in [-0.4, -0.2) is 85.9 Å². The van der Waals surface area contributed by atoms with Crippen LogP contribution in [0.2, 0.25) is 0 Å². The van der Waals surface area contributed by atoms with Gasteiger partial charge in [0.1, 0.15) is 17.6 Å². The Morgan fingerprint density at radius 2 is 1.72 bits per heavy atom. The van der Waals surface area contributed by atoms with Crippen LogP contribution in [0.5, 0.6) is 5.75 Å². The van der Waals surface area contributed by atoms with Crippen molar-refractivity contribution in [3.8, 4) is 17.1 Å². The lowest BCUT2D eigenvalue weighted by Gasteiger charge is -2.29. The number of hydrogen-bond donors (Lipinski definition) is 4. The number of nitrogens with zero attached hydrogens (tertiary/aromatic N) is 1. The number of rotatable bonds is 20. The first-order valence-corrected chi connectivity index (χ1v) is 15.4. The van der Waals surface area contributed by atoms with Gasteiger partial charge in [0.2, 0.25) is 12.3 Å². The van der Waals surface area contributed by atoms with E-state index in [9.17, 15) is 34.0 Å². The zero-order valence-electron chi connectivity index (χ0n) is 27.3. The molecule has 0 aliphatic carbocycles. The molecule has 4 N–H and O–H groups in total. The third-order valence-electron chi connectivity index (χ3n) is 7.33. The summed E-state index contributed by atoms with van der Waals surface area (Å²) in [6.45, 7) is 5.49. The summed E-state index contributed by atoms with van der Waals surface area (Å²) < 4.78 is 20.7. The Morgan fingerprint density at radius 1 is 0.979 bits per heavy atom. The van der Waals surface area contributed by atoms with Crippen LogP contribution in [0, 0.1) is 5.92 Å². The van der Waals surface area contributed by atoms with Gasteiger partial charge in [-0.1, -0.05) is 39.2 Å². The van der Waals surface area contributed by atoms with E-state index in [2.05, 4.69) is 25.4 Å². The molecular weight excluding hydrogens is 616 g/mol. The summed E-state index contributed by atoms with van der Waals surface area (Å²) in [6, 6.07) is 5.52. The number of methoxy groups -OCH3 is 2. The summed E-state index contributed by atoms with van der Waals surface area (Å²) in [5.41, 5.74) is 0.547. The predicted octanol–water partition coefficient (Wildman–Crippen LogP) is 2.81. The number of esters is 2. The molecule has 0 aliphatic heterocycles. The van der Waals surface area contributed by atoms with E-state index in [-0.39, 0.29) is 42.5 Å². The molecule has 47 heavy (non-hydrogen) atoms. The zero-order chi connectivity index (χ0) is 34.9. The third-order valence-corrected chi connectivity index (χ3v) is 7.33. The fraction of sp³-hybridized carbons (Fsp3) is 0.500. The van der Waals surface area contributed by atoms with Crippen LogP contribution in [0.15, 0.2) is 34.7 Å². The molecule has 0 saturated heterocycles. The van der Waals surface area contributed by atoms with Crippen molar-refractivity contribution >= 4 is 36.1 Å². The highest BCUT2D eigenvalue weighted by Crippen LogP contribution is 2.29. The summed E-state index contributed by atoms with van der Waals surface area (Å²) in [7, 11) is 2.28. The van der Waals surface area contributed by atoms with E-state index in [4.69, 9.17) is 9.15 Å². The second-order valence-electron chi connectivity index (χ2n) is 10.4. The Hall–Kier alpha value is -4.92. The second-order valence-corrected chi connectivity index (χ2v) is 10.4. The first-order valence-electron chi connectivity index (χ1n) is 15.4. The number of hydrogen-bond acceptors (Lipinski definition) is 11. The summed E-state index contributed by atoms with van der Waals surface area (Å²) in [4.78, 5) is 73.8. The maximum absolute atomic E-state index is 13.1. The molecular formula is C32H44N4O11. The predicted molar refractivity (Wildman–Crippen MR) is 167 cm³/mol. The zero-order valence-corrected chi connectivity index (χ0v) is 27.3. The van der Waals surface area contributed by atoms with Gasteiger partial charge in [-0.3, -0.25) is 29.2 Å². The Kier molecular flexibility index (Phi) is 15.9. The Morgan fingerprint density at radius 3 is 2.34 bits per heavy atom. The van der Waals surface area contributed by atoms with E-state index in [1.54, 1.807) is 26.0 Å². The van der Waals surface area contributed by atoms with Crippen molar-refractivity contribution in [3.63, 3.8) is 0 Å². The molecule has 0 fully saturated rings. The van der Waals surface area contributed by atoms with Crippen molar-refractivity contribution in [1.29, 1.82) is 0 Å². The van der Waals surface area contributed by atoms with Crippen LogP contribution in [-0.2, 0) is 28.7 Å². The van der Waals surface area contributed by atoms with Gasteiger partial charge in [0.25, 0.3) is 11.8 Å². The lowest BCUT2D eigenvalue weighted by molar-refractivity contribution is -0.168. The summed E-state index contributed by atoms with van der Waals surface area (Å²) in [6.07, 6.45) is 3.23. The number of ether oxygens (including phenoxy) is 3. The van der Waals surface area contributed by atoms with E-state index >= 15 is 0 Å². The highest BCUT2D eigenvalue weighted by molar-refractivity contribution is 6.00. The van der Waals surface area contributed by atoms with Gasteiger partial charge >= 0.3 is 11.9 Å². The van der Waals surface area contributed by atoms with Gasteiger partial charge in [0.15, 0.2) is 5.76 Å². The molecule has 1 aromatic heterocycles. The van der Waals surface area contributed by atoms with Gasteiger partial charge in [-0.15, -0.1) is 0 Å². The largest absolute Gasteiger partial charge is 0.493 e. The van der Waals surface area contributed by atoms with E-state index in [0.29, 0.717) is 23.5 Å². The van der Waals surface area contributed by atoms with E-state index < -0.39 is 54.1 Å². The Bertz CT molecular complexity index is 1380. The molecule has 0 radical (unpaired) electrons. The van der Waals surface area contributed by atoms with Gasteiger partial charge < -0.3 is 34.6 Å². The number of carbonyl (C=O) groups excluding carboxylic acids is 6. The maximum Gasteiger partial charge on any atom is 0.328 e. The molecule has 0 spiro atoms. The molecule has 0 aliphatic rings. The van der Waals surface area contributed by atoms with Crippen LogP contribution < -0.4 is 20.7 Å². The number of amides is 4. The van der Waals surface area contributed by atoms with Crippen molar-refractivity contribution in [2.24, 2.45) is 5.92 Å². The monoisotopic (exact) mass is 660 g/mol. The minimum Gasteiger partial charge on any atom is -0.493 e. The smallest absolute Gasteiger partial charge is 0.328 e. The SMILES string of the molecule is CCCCCC(C(=O)NCNC(=O)c1ccc(-c2ccc(C(=O)NC(CC(=O)OC)C(=O)OC)c(OCC)c2)o1)[C@@H](CC)N(O)C=O. The van der Waals surface area contributed by atoms with E-state index in [1.807, 2.05) is 6.92 Å². The highest BCUT2D eigenvalue weighted by Gasteiger charge is 2.31. The lowest BCUT2D eigenvalue weighted by atomic mass is 9.90. The van der Waals surface area contributed by atoms with Crippen LogP contribution >= 0.6 is 0 Å². The Balaban J connectivity index is 2.13. The number of benzene rings is 1. The molecule has 15 heteroatoms. The molecule has 1 heterocycles. The average molecular weight is 661 g/mol. The van der Waals surface area contributed by atoms with Crippen LogP contribution in [0.4, 0.5) is 0 Å². The first kappa shape index (κ1) is 38.3. The number of nitrogens with one attached hydrogen (secondary N) is 3. The minimum absolute atomic E-state index is 0.0498. The number of furan rings is 1. The van der Waals surface area contributed by atoms with Gasteiger partial charge in [0, 0.05) is 5.56 Å². The van der Waals surface area contributed by atoms with Gasteiger partial charge in [0.05, 0.1) is 51.4 Å². The van der Waals surface area contributed by atoms with Gasteiger partial charge in [-0.25, -0.2) is 9.86 Å². The van der Waals surface area contributed by atoms with Crippen molar-refractivity contribution in [3.05, 3.63) is 41.7 Å². The first-order chi connectivity index (χ1) is 22.5. The Labute approximate surface area is 273 Å². The van der Waals surface area contributed by atoms with Crippen LogP contribution in [0.1, 0.15) is 80.2 Å².